The number of nitrogen functional groups attached to an aromatic ring is 5. The van der Waals surface area contributed by atoms with E-state index >= 15 is 0 Å². The van der Waals surface area contributed by atoms with Crippen LogP contribution in [0.15, 0.2) is 92.4 Å². The molecule has 0 spiro atoms. The minimum atomic E-state index is -4.05. The Morgan fingerprint density at radius 3 is 1.15 bits per heavy atom. The van der Waals surface area contributed by atoms with Crippen molar-refractivity contribution in [2.24, 2.45) is 0 Å². The first-order chi connectivity index (χ1) is 62.5. The van der Waals surface area contributed by atoms with Crippen molar-refractivity contribution in [2.45, 2.75) is 187 Å². The lowest BCUT2D eigenvalue weighted by molar-refractivity contribution is -0.0648. The van der Waals surface area contributed by atoms with E-state index in [1.165, 1.54) is 97.4 Å². The van der Waals surface area contributed by atoms with E-state index in [0.29, 0.717) is 61.6 Å². The van der Waals surface area contributed by atoms with Gasteiger partial charge in [-0.1, -0.05) is 0 Å². The van der Waals surface area contributed by atoms with Gasteiger partial charge in [-0.3, -0.25) is 74.1 Å². The minimum Gasteiger partial charge on any atom is -0.394 e. The van der Waals surface area contributed by atoms with E-state index in [0.717, 1.165) is 49.2 Å². The quantitative estimate of drug-likeness (QED) is 0.0203. The van der Waals surface area contributed by atoms with Crippen molar-refractivity contribution in [3.63, 3.8) is 0 Å². The second-order valence-electron chi connectivity index (χ2n) is 31.7. The lowest BCUT2D eigenvalue weighted by atomic mass is 10.1. The summed E-state index contributed by atoms with van der Waals surface area (Å²) in [5.41, 5.74) is 27.4. The van der Waals surface area contributed by atoms with Gasteiger partial charge in [0.15, 0.2) is 52.8 Å². The SMILES string of the molecule is COC1[C@@H](O)[C@@H](COP(=O)(O[C@@H]2C[C@H](n3ccc(N)nc3=O)O[C@@H]2CO)N2CCCC2)O[C@H]1n1ccc(=O)[nH]c1=O.COC1[C@@H](O)[C@@H](COP(=O)(O[C@@H]2C[C@H](n3ccc(N)nc3=O)O[C@@H]2CO)N2CCCC2)O[C@H]1n1cnc2c(=O)[nH]c(N)nc21.COC1[C@@H](O)[C@@H](COP(=O)(O[C@@H]2C[C@H](n3cnc4c(N)ncnc43)O[C@@H]2CO)N2CCCC2)O[C@H]1n1cnc2c(N)ncnc21. The number of anilines is 5. The third-order valence-corrected chi connectivity index (χ3v) is 30.0. The molecule has 6 unspecified atom stereocenters. The molecule has 24 atom stereocenters. The van der Waals surface area contributed by atoms with Crippen LogP contribution in [0, 0.1) is 0 Å². The Labute approximate surface area is 734 Å². The van der Waals surface area contributed by atoms with Crippen molar-refractivity contribution >= 4 is 86.0 Å². The molecular weight excluding hydrogens is 1790 g/mol. The van der Waals surface area contributed by atoms with Crippen molar-refractivity contribution in [1.82, 2.24) is 101 Å². The first-order valence-corrected chi connectivity index (χ1v) is 46.1. The monoisotopic (exact) mass is 1890 g/mol. The van der Waals surface area contributed by atoms with Gasteiger partial charge in [0.2, 0.25) is 5.95 Å². The van der Waals surface area contributed by atoms with E-state index in [1.54, 1.807) is 23.1 Å². The van der Waals surface area contributed by atoms with Crippen molar-refractivity contribution in [3.05, 3.63) is 121 Å². The lowest BCUT2D eigenvalue weighted by Crippen LogP contribution is -2.39. The zero-order valence-electron chi connectivity index (χ0n) is 70.1. The number of nitrogens with zero attached hydrogens (tertiary/aromatic N) is 19. The number of rotatable bonds is 30. The summed E-state index contributed by atoms with van der Waals surface area (Å²) in [4.78, 5) is 106. The molecule has 0 aliphatic carbocycles. The molecule has 9 fully saturated rings. The van der Waals surface area contributed by atoms with Gasteiger partial charge in [-0.15, -0.1) is 0 Å². The highest BCUT2D eigenvalue weighted by atomic mass is 31.2. The Morgan fingerprint density at radius 2 is 0.777 bits per heavy atom. The number of hydrogen-bond donors (Lipinski definition) is 13. The smallest absolute Gasteiger partial charge is 0.394 e. The fraction of sp³-hybridized carbons (Fsp3) is 0.625. The Bertz CT molecular complexity index is 5930. The third kappa shape index (κ3) is 19.2. The maximum atomic E-state index is 14.5. The van der Waals surface area contributed by atoms with Gasteiger partial charge in [0.25, 0.3) is 11.1 Å². The third-order valence-electron chi connectivity index (χ3n) is 23.7. The molecule has 58 heteroatoms. The molecule has 9 aromatic heterocycles. The number of H-pyrrole nitrogens is 2. The second kappa shape index (κ2) is 39.8. The highest BCUT2D eigenvalue weighted by Gasteiger charge is 2.55. The largest absolute Gasteiger partial charge is 0.408 e. The van der Waals surface area contributed by atoms with Crippen LogP contribution < -0.4 is 56.9 Å². The van der Waals surface area contributed by atoms with Gasteiger partial charge >= 0.3 is 40.3 Å². The summed E-state index contributed by atoms with van der Waals surface area (Å²) >= 11 is 0. The number of imidazole rings is 3. The maximum absolute atomic E-state index is 14.5. The Kier molecular flexibility index (Phi) is 28.7. The average Bonchev–Trinajstić information content (AvgIpc) is 1.62. The predicted molar refractivity (Wildman–Crippen MR) is 446 cm³/mol. The molecule has 0 amide bonds. The van der Waals surface area contributed by atoms with Crippen LogP contribution >= 0.6 is 23.2 Å². The van der Waals surface area contributed by atoms with Gasteiger partial charge < -0.3 is 102 Å². The highest BCUT2D eigenvalue weighted by Crippen LogP contribution is 2.60. The summed E-state index contributed by atoms with van der Waals surface area (Å²) in [5.74, 6) is 0.391. The van der Waals surface area contributed by atoms with Gasteiger partial charge in [-0.25, -0.2) is 77.0 Å². The topological polar surface area (TPSA) is 726 Å². The normalized spacial score (nSPS) is 31.0. The zero-order valence-corrected chi connectivity index (χ0v) is 72.8. The van der Waals surface area contributed by atoms with Crippen molar-refractivity contribution in [3.8, 4) is 0 Å². The standard InChI is InChI=1S/C25H34N11O8P.C24H34N9O10P.C23H33N6O11P/c1-40-20-19(38)15(43-25(20)36-12-33-18-22(27)29-10-31-24(18)36)8-41-45(39,34-4-2-3-5-34)44-13-6-16(42-14(13)7-37)35-11-32-17-21(26)28-9-30-23(17)35;1-39-19-18(35)14(42-22(19)33-11-27-17-20(33)29-23(26)30-21(17)36)10-40-44(38,31-5-2-3-6-31)43-12-8-16(41-13(12)9-34)32-7-4-15(25)28-24(32)37;1-36-20-19(32)15(39-21(20)29-9-5-17(31)26-23(29)34)12-37-41(35,27-6-2-3-7-27)40-13-10-18(38-14(13)11-30)28-8-4-16(24)25-22(28)33/h9-16,19-20,25,37-38H,2-8H2,1H3,(H2,26,28,30)(H2,27,29,31);4,7,11-14,16,18-19,22,34-35H,2-3,5-6,8-10H2,1H3,(H2,25,28,37)(H3,26,29,30,36);4-5,8-9,13-15,18-21,30,32H,2-3,6-7,10-12H2,1H3,(H2,24,25,33)(H,26,31,34)/t13-,14-,15-,16-,19+,20?,25-,45?;12-,13-,14-,16-,18+,19?,22-,44?;13-,14-,15-,18-,19+,20?,21-,41?/m111/s1. The first kappa shape index (κ1) is 93.8. The predicted octanol–water partition coefficient (Wildman–Crippen LogP) is -2.78. The first-order valence-electron chi connectivity index (χ1n) is 41.6. The number of ether oxygens (including phenoxy) is 9. The van der Waals surface area contributed by atoms with Crippen LogP contribution in [0.25, 0.3) is 33.5 Å². The summed E-state index contributed by atoms with van der Waals surface area (Å²) in [5, 5.41) is 63.3. The van der Waals surface area contributed by atoms with E-state index in [4.69, 9.17) is 98.4 Å². The number of aliphatic hydroxyl groups excluding tert-OH is 6. The Balaban J connectivity index is 0.000000143. The van der Waals surface area contributed by atoms with Gasteiger partial charge in [0.05, 0.1) is 58.6 Å². The van der Waals surface area contributed by atoms with Crippen LogP contribution in [0.1, 0.15) is 95.2 Å². The van der Waals surface area contributed by atoms with Crippen LogP contribution in [0.5, 0.6) is 0 Å². The van der Waals surface area contributed by atoms with Crippen molar-refractivity contribution in [1.29, 1.82) is 0 Å². The van der Waals surface area contributed by atoms with Gasteiger partial charge in [-0.2, -0.15) is 15.0 Å². The lowest BCUT2D eigenvalue weighted by Gasteiger charge is -2.31. The fourth-order valence-electron chi connectivity index (χ4n) is 17.0. The molecule has 0 bridgehead atoms. The van der Waals surface area contributed by atoms with Crippen molar-refractivity contribution < 1.29 is 114 Å². The number of fused-ring (bicyclic) bond motifs is 3. The maximum Gasteiger partial charge on any atom is 0.408 e. The van der Waals surface area contributed by atoms with Crippen molar-refractivity contribution in [2.75, 3.05) is 129 Å². The van der Waals surface area contributed by atoms with E-state index < -0.39 is 200 Å². The number of hydrogen-bond acceptors (Lipinski definition) is 44. The number of nitrogens with two attached hydrogens (primary N) is 5. The van der Waals surface area contributed by atoms with E-state index in [9.17, 15) is 68.3 Å². The van der Waals surface area contributed by atoms with E-state index in [2.05, 4.69) is 59.8 Å². The molecule has 708 valence electrons. The van der Waals surface area contributed by atoms with E-state index in [-0.39, 0.29) is 79.5 Å². The van der Waals surface area contributed by atoms with Crippen LogP contribution in [0.2, 0.25) is 0 Å². The van der Waals surface area contributed by atoms with Crippen LogP contribution in [0.4, 0.5) is 29.2 Å². The second-order valence-corrected chi connectivity index (χ2v) is 37.6. The van der Waals surface area contributed by atoms with Gasteiger partial charge in [-0.05, 0) is 50.7 Å². The summed E-state index contributed by atoms with van der Waals surface area (Å²) in [6.07, 6.45) is -4.09. The number of methoxy groups -OCH3 is 3. The van der Waals surface area contributed by atoms with Crippen LogP contribution in [-0.2, 0) is 83.5 Å². The molecular formula is C72H101N26O29P3. The molecule has 9 saturated heterocycles. The summed E-state index contributed by atoms with van der Waals surface area (Å²) in [6.45, 7) is 0.291. The number of aliphatic hydroxyl groups is 6. The van der Waals surface area contributed by atoms with Crippen LogP contribution in [-0.4, -0.2) is 324 Å². The average molecular weight is 1890 g/mol. The fourth-order valence-corrected chi connectivity index (χ4v) is 23.1. The number of aromatic amines is 2. The van der Waals surface area contributed by atoms with Crippen LogP contribution in [0.3, 0.4) is 0 Å². The zero-order chi connectivity index (χ0) is 91.8. The van der Waals surface area contributed by atoms with Gasteiger partial charge in [0.1, 0.15) is 146 Å². The molecule has 55 nitrogen and oxygen atoms in total. The highest BCUT2D eigenvalue weighted by molar-refractivity contribution is 7.51. The molecule has 0 radical (unpaired) electrons. The Hall–Kier alpha value is -9.38. The van der Waals surface area contributed by atoms with E-state index in [1.807, 2.05) is 0 Å². The number of nitrogens with one attached hydrogen (secondary N) is 2. The summed E-state index contributed by atoms with van der Waals surface area (Å²) in [7, 11) is -7.91. The summed E-state index contributed by atoms with van der Waals surface area (Å²) < 4.78 is 145. The molecule has 0 saturated carbocycles. The minimum absolute atomic E-state index is 0.0197. The molecule has 130 heavy (non-hydrogen) atoms. The molecule has 9 aliphatic heterocycles. The molecule has 0 aromatic carbocycles. The molecule has 18 rings (SSSR count). The van der Waals surface area contributed by atoms with Gasteiger partial charge in [0, 0.05) is 105 Å². The Morgan fingerprint density at radius 1 is 0.423 bits per heavy atom. The number of aromatic nitrogens is 18. The molecule has 9 aliphatic rings. The molecule has 9 aromatic rings. The summed E-state index contributed by atoms with van der Waals surface area (Å²) in [6, 6.07) is 4.00. The molecule has 18 N–H and O–H groups in total. The molecule has 18 heterocycles.